The maximum absolute atomic E-state index is 3.49. The molecule has 0 amide bonds. The molecule has 0 radical (unpaired) electrons. The summed E-state index contributed by atoms with van der Waals surface area (Å²) in [7, 11) is 0. The van der Waals surface area contributed by atoms with Crippen molar-refractivity contribution in [3.8, 4) is 0 Å². The van der Waals surface area contributed by atoms with Gasteiger partial charge in [0.1, 0.15) is 0 Å². The second-order valence-corrected chi connectivity index (χ2v) is 1.50. The van der Waals surface area contributed by atoms with Crippen molar-refractivity contribution in [1.82, 2.24) is 0 Å². The zero-order chi connectivity index (χ0) is 8.12. The van der Waals surface area contributed by atoms with Crippen molar-refractivity contribution in [1.29, 1.82) is 0 Å². The molecule has 0 aliphatic heterocycles. The normalized spacial score (nSPS) is 4.91. The van der Waals surface area contributed by atoms with E-state index in [1.807, 2.05) is 20.8 Å². The van der Waals surface area contributed by atoms with Crippen LogP contribution in [0.2, 0.25) is 0 Å². The van der Waals surface area contributed by atoms with Gasteiger partial charge in [0.2, 0.25) is 0 Å². The molecule has 0 unspecified atom stereocenters. The van der Waals surface area contributed by atoms with E-state index in [9.17, 15) is 0 Å². The fourth-order valence-corrected chi connectivity index (χ4v) is 0. The fourth-order valence-electron chi connectivity index (χ4n) is 0. The first kappa shape index (κ1) is 29.5. The molecule has 64 valence electrons. The monoisotopic (exact) mass is 259 g/mol. The Morgan fingerprint density at radius 1 is 0.818 bits per heavy atom. The first-order valence-electron chi connectivity index (χ1n) is 3.62. The molecule has 0 fully saturated rings. The van der Waals surface area contributed by atoms with Gasteiger partial charge >= 0.3 is 19.5 Å². The molecule has 0 aliphatic rings. The quantitative estimate of drug-likeness (QED) is 0.458. The van der Waals surface area contributed by atoms with E-state index < -0.39 is 0 Å². The molecule has 11 heavy (non-hydrogen) atoms. The Bertz CT molecular complexity index is 17.2. The van der Waals surface area contributed by atoms with Crippen LogP contribution in [0.25, 0.3) is 0 Å². The molecule has 0 N–H and O–H groups in total. The van der Waals surface area contributed by atoms with Gasteiger partial charge in [0, 0.05) is 20.9 Å². The van der Waals surface area contributed by atoms with Crippen LogP contribution in [0.3, 0.4) is 0 Å². The van der Waals surface area contributed by atoms with Gasteiger partial charge in [-0.2, -0.15) is 19.3 Å². The van der Waals surface area contributed by atoms with Gasteiger partial charge < -0.3 is 20.8 Å². The van der Waals surface area contributed by atoms with Crippen LogP contribution >= 0.6 is 0 Å². The van der Waals surface area contributed by atoms with Crippen LogP contribution in [0, 0.1) is 20.8 Å². The van der Waals surface area contributed by atoms with Crippen molar-refractivity contribution in [3.05, 3.63) is 20.8 Å². The van der Waals surface area contributed by atoms with E-state index in [-0.39, 0.29) is 40.4 Å². The molecule has 0 rings (SSSR count). The van der Waals surface area contributed by atoms with Crippen molar-refractivity contribution in [2.24, 2.45) is 0 Å². The zero-order valence-corrected chi connectivity index (χ0v) is 14.6. The Hall–Kier alpha value is 1.25. The zero-order valence-electron chi connectivity index (χ0n) is 8.66. The number of hydrogen-bond donors (Lipinski definition) is 0. The van der Waals surface area contributed by atoms with Crippen molar-refractivity contribution >= 4 is 0 Å². The smallest absolute Gasteiger partial charge is 0.344 e. The second-order valence-electron chi connectivity index (χ2n) is 1.50. The summed E-state index contributed by atoms with van der Waals surface area (Å²) in [5.41, 5.74) is 0. The molecule has 0 nitrogen and oxygen atoms in total. The first-order valence-corrected chi connectivity index (χ1v) is 3.62. The minimum Gasteiger partial charge on any atom is -0.344 e. The molecule has 0 spiro atoms. The molecule has 0 aliphatic carbocycles. The van der Waals surface area contributed by atoms with Crippen molar-refractivity contribution in [2.75, 3.05) is 0 Å². The van der Waals surface area contributed by atoms with E-state index >= 15 is 0 Å². The summed E-state index contributed by atoms with van der Waals surface area (Å²) in [6, 6.07) is 0. The average molecular weight is 262 g/mol. The van der Waals surface area contributed by atoms with Gasteiger partial charge in [0.15, 0.2) is 0 Å². The summed E-state index contributed by atoms with van der Waals surface area (Å²) < 4.78 is 0. The van der Waals surface area contributed by atoms with Crippen LogP contribution in [0.1, 0.15) is 41.5 Å². The summed E-state index contributed by atoms with van der Waals surface area (Å²) in [5.74, 6) is 0. The Morgan fingerprint density at radius 2 is 0.818 bits per heavy atom. The van der Waals surface area contributed by atoms with Gasteiger partial charge in [-0.25, -0.2) is 0 Å². The Kier molecular flexibility index (Phi) is 176. The van der Waals surface area contributed by atoms with Crippen molar-refractivity contribution in [2.45, 2.75) is 40.0 Å². The average Bonchev–Trinajstić information content (AvgIpc) is 1.70. The summed E-state index contributed by atoms with van der Waals surface area (Å²) in [5, 5.41) is 0. The molecule has 0 saturated carbocycles. The summed E-state index contributed by atoms with van der Waals surface area (Å²) in [6.45, 7) is 16.5. The van der Waals surface area contributed by atoms with Gasteiger partial charge in [0.25, 0.3) is 0 Å². The Labute approximate surface area is 101 Å². The number of rotatable bonds is 0. The third-order valence-electron chi connectivity index (χ3n) is 0. The van der Waals surface area contributed by atoms with Gasteiger partial charge in [-0.05, 0) is 0 Å². The van der Waals surface area contributed by atoms with E-state index in [0.717, 1.165) is 19.3 Å². The third kappa shape index (κ3) is 619. The van der Waals surface area contributed by atoms with Crippen molar-refractivity contribution in [3.63, 3.8) is 0 Å². The summed E-state index contributed by atoms with van der Waals surface area (Å²) >= 11 is 0. The minimum atomic E-state index is 0. The molecule has 0 atom stereocenters. The maximum atomic E-state index is 3.49. The molecule has 0 aromatic heterocycles. The van der Waals surface area contributed by atoms with Gasteiger partial charge in [0.05, 0.1) is 0 Å². The van der Waals surface area contributed by atoms with Crippen LogP contribution in [-0.4, -0.2) is 0 Å². The van der Waals surface area contributed by atoms with Crippen LogP contribution in [0.15, 0.2) is 0 Å². The predicted molar refractivity (Wildman–Crippen MR) is 49.1 cm³/mol. The van der Waals surface area contributed by atoms with Crippen molar-refractivity contribution < 1.29 is 40.4 Å². The molecule has 0 aromatic rings. The van der Waals surface area contributed by atoms with E-state index in [0.29, 0.717) is 0 Å². The summed E-state index contributed by atoms with van der Waals surface area (Å²) in [6.07, 6.45) is 3.00. The van der Waals surface area contributed by atoms with Crippen LogP contribution in [0.5, 0.6) is 0 Å². The Morgan fingerprint density at radius 3 is 0.818 bits per heavy atom. The largest absolute Gasteiger partial charge is 2.00 e. The van der Waals surface area contributed by atoms with E-state index in [4.69, 9.17) is 0 Å². The van der Waals surface area contributed by atoms with Crippen LogP contribution < -0.4 is 0 Å². The standard InChI is InChI=1S/3C3H7.2Zn.H2/c3*1-3-2;;;/h3*1,3H2,2H3;;;1H/q3*-1;;+2;. The van der Waals surface area contributed by atoms with E-state index in [1.54, 1.807) is 0 Å². The molecule has 0 bridgehead atoms. The van der Waals surface area contributed by atoms with E-state index in [2.05, 4.69) is 20.8 Å². The Balaban J connectivity index is -0.00000001000. The first-order chi connectivity index (χ1) is 4.24. The van der Waals surface area contributed by atoms with Gasteiger partial charge in [-0.15, -0.1) is 0 Å². The molecule has 0 heterocycles. The fraction of sp³-hybridized carbons (Fsp3) is 0.667. The predicted octanol–water partition coefficient (Wildman–Crippen LogP) is 3.93. The third-order valence-corrected chi connectivity index (χ3v) is 0. The maximum Gasteiger partial charge on any atom is 2.00 e. The molecular weight excluding hydrogens is 239 g/mol. The molecular formula is C9H23Zn2-. The topological polar surface area (TPSA) is 0 Å². The SMILES string of the molecule is [CH2-]CC.[CH2-]CC.[CH2-]CC.[HH].[Zn+2].[Zn]. The van der Waals surface area contributed by atoms with Gasteiger partial charge in [-0.3, -0.25) is 0 Å². The van der Waals surface area contributed by atoms with Crippen LogP contribution in [0.4, 0.5) is 0 Å². The summed E-state index contributed by atoms with van der Waals surface area (Å²) in [4.78, 5) is 0. The minimum absolute atomic E-state index is 0. The molecule has 0 aromatic carbocycles. The van der Waals surface area contributed by atoms with Gasteiger partial charge in [-0.1, -0.05) is 20.8 Å². The molecule has 0 saturated heterocycles. The molecule has 2 heteroatoms. The van der Waals surface area contributed by atoms with E-state index in [1.165, 1.54) is 0 Å². The second kappa shape index (κ2) is 65.5. The van der Waals surface area contributed by atoms with Crippen LogP contribution in [-0.2, 0) is 39.0 Å². The number of hydrogen-bond acceptors (Lipinski definition) is 0.